The van der Waals surface area contributed by atoms with Crippen molar-refractivity contribution in [1.29, 1.82) is 0 Å². The second kappa shape index (κ2) is 13.0. The lowest BCUT2D eigenvalue weighted by atomic mass is 10.1. The highest BCUT2D eigenvalue weighted by molar-refractivity contribution is 7.99. The molecule has 5 rings (SSSR count). The van der Waals surface area contributed by atoms with Crippen molar-refractivity contribution in [3.63, 3.8) is 0 Å². The van der Waals surface area contributed by atoms with E-state index in [0.29, 0.717) is 37.4 Å². The van der Waals surface area contributed by atoms with E-state index in [-0.39, 0.29) is 17.9 Å². The van der Waals surface area contributed by atoms with Gasteiger partial charge in [-0.05, 0) is 50.6 Å². The molecule has 2 amide bonds. The van der Waals surface area contributed by atoms with Crippen molar-refractivity contribution in [2.75, 3.05) is 32.5 Å². The molecule has 0 spiro atoms. The van der Waals surface area contributed by atoms with E-state index in [1.54, 1.807) is 31.0 Å². The van der Waals surface area contributed by atoms with Gasteiger partial charge in [-0.15, -0.1) is 10.2 Å². The van der Waals surface area contributed by atoms with E-state index in [1.807, 2.05) is 59.2 Å². The van der Waals surface area contributed by atoms with Gasteiger partial charge in [-0.3, -0.25) is 14.2 Å². The molecule has 1 unspecified atom stereocenters. The van der Waals surface area contributed by atoms with Gasteiger partial charge in [-0.2, -0.15) is 0 Å². The molecule has 2 heterocycles. The van der Waals surface area contributed by atoms with Crippen molar-refractivity contribution in [3.05, 3.63) is 90.0 Å². The fourth-order valence-corrected chi connectivity index (χ4v) is 5.91. The molecule has 212 valence electrons. The number of amides is 2. The summed E-state index contributed by atoms with van der Waals surface area (Å²) in [7, 11) is 1.59. The minimum Gasteiger partial charge on any atom is -0.497 e. The van der Waals surface area contributed by atoms with Gasteiger partial charge >= 0.3 is 0 Å². The van der Waals surface area contributed by atoms with Crippen LogP contribution in [-0.4, -0.2) is 74.9 Å². The molecule has 9 heteroatoms. The number of methoxy groups -OCH3 is 1. The molecule has 8 nitrogen and oxygen atoms in total. The Morgan fingerprint density at radius 1 is 0.976 bits per heavy atom. The number of ether oxygens (including phenoxy) is 1. The fourth-order valence-electron chi connectivity index (χ4n) is 5.02. The molecule has 1 atom stereocenters. The molecule has 0 radical (unpaired) electrons. The van der Waals surface area contributed by atoms with Crippen LogP contribution in [0.1, 0.15) is 35.7 Å². The number of benzene rings is 3. The fraction of sp³-hybridized carbons (Fsp3) is 0.312. The first-order valence-electron chi connectivity index (χ1n) is 13.9. The zero-order valence-corrected chi connectivity index (χ0v) is 24.5. The second-order valence-electron chi connectivity index (χ2n) is 10.2. The zero-order valence-electron chi connectivity index (χ0n) is 23.7. The molecule has 0 bridgehead atoms. The van der Waals surface area contributed by atoms with Crippen molar-refractivity contribution in [2.45, 2.75) is 37.9 Å². The van der Waals surface area contributed by atoms with E-state index in [4.69, 9.17) is 4.74 Å². The summed E-state index contributed by atoms with van der Waals surface area (Å²) in [5, 5.41) is 9.82. The number of hydrogen-bond acceptors (Lipinski definition) is 6. The number of rotatable bonds is 9. The summed E-state index contributed by atoms with van der Waals surface area (Å²) >= 11 is 1.61. The summed E-state index contributed by atoms with van der Waals surface area (Å²) in [6.07, 6.45) is 1.18. The molecule has 0 aliphatic carbocycles. The van der Waals surface area contributed by atoms with Crippen molar-refractivity contribution in [2.24, 2.45) is 0 Å². The number of thioether (sulfide) groups is 1. The van der Waals surface area contributed by atoms with Gasteiger partial charge in [0, 0.05) is 54.7 Å². The molecular weight excluding hydrogens is 534 g/mol. The molecule has 1 aliphatic rings. The Morgan fingerprint density at radius 2 is 1.76 bits per heavy atom. The Hall–Kier alpha value is -4.11. The largest absolute Gasteiger partial charge is 0.497 e. The van der Waals surface area contributed by atoms with Crippen LogP contribution in [-0.2, 0) is 4.79 Å². The Bertz CT molecular complexity index is 1490. The molecule has 1 fully saturated rings. The number of hydrogen-bond donors (Lipinski definition) is 0. The van der Waals surface area contributed by atoms with Crippen molar-refractivity contribution in [1.82, 2.24) is 24.6 Å². The molecule has 1 aromatic heterocycles. The summed E-state index contributed by atoms with van der Waals surface area (Å²) < 4.78 is 7.35. The standard InChI is InChI=1S/C32H35N5O3S/c1-23-14-16-27(17-15-23)37-30(25-9-5-4-6-10-25)33-34-32(37)41-20-8-13-29(38)35-18-19-36(24(2)22-35)31(39)26-11-7-12-28(21-26)40-3/h4-7,9-12,14-17,21,24H,8,13,18-20,22H2,1-3H3. The molecular formula is C32H35N5O3S. The van der Waals surface area contributed by atoms with E-state index < -0.39 is 0 Å². The molecule has 3 aromatic carbocycles. The predicted octanol–water partition coefficient (Wildman–Crippen LogP) is 5.50. The zero-order chi connectivity index (χ0) is 28.8. The van der Waals surface area contributed by atoms with E-state index in [0.717, 1.165) is 34.4 Å². The molecule has 0 N–H and O–H groups in total. The Kier molecular flexibility index (Phi) is 9.04. The quantitative estimate of drug-likeness (QED) is 0.196. The summed E-state index contributed by atoms with van der Waals surface area (Å²) in [6, 6.07) is 25.5. The number of carbonyl (C=O) groups is 2. The third kappa shape index (κ3) is 6.62. The molecule has 0 saturated carbocycles. The third-order valence-electron chi connectivity index (χ3n) is 7.28. The maximum absolute atomic E-state index is 13.1. The number of nitrogens with zero attached hydrogens (tertiary/aromatic N) is 5. The van der Waals surface area contributed by atoms with Crippen LogP contribution in [0.5, 0.6) is 5.75 Å². The van der Waals surface area contributed by atoms with Gasteiger partial charge in [0.1, 0.15) is 5.75 Å². The highest BCUT2D eigenvalue weighted by atomic mass is 32.2. The third-order valence-corrected chi connectivity index (χ3v) is 8.30. The van der Waals surface area contributed by atoms with Gasteiger partial charge in [0.15, 0.2) is 11.0 Å². The average molecular weight is 570 g/mol. The van der Waals surface area contributed by atoms with Crippen LogP contribution in [0.2, 0.25) is 0 Å². The van der Waals surface area contributed by atoms with Gasteiger partial charge < -0.3 is 14.5 Å². The lowest BCUT2D eigenvalue weighted by Gasteiger charge is -2.40. The van der Waals surface area contributed by atoms with Crippen LogP contribution >= 0.6 is 11.8 Å². The SMILES string of the molecule is COc1cccc(C(=O)N2CCN(C(=O)CCCSc3nnc(-c4ccccc4)n3-c3ccc(C)cc3)CC2C)c1. The Balaban J connectivity index is 1.17. The monoisotopic (exact) mass is 569 g/mol. The normalized spacial score (nSPS) is 15.1. The van der Waals surface area contributed by atoms with Crippen molar-refractivity contribution in [3.8, 4) is 22.8 Å². The average Bonchev–Trinajstić information content (AvgIpc) is 3.43. The first-order valence-corrected chi connectivity index (χ1v) is 14.9. The summed E-state index contributed by atoms with van der Waals surface area (Å²) in [5.74, 6) is 2.28. The lowest BCUT2D eigenvalue weighted by molar-refractivity contribution is -0.133. The van der Waals surface area contributed by atoms with Gasteiger partial charge in [0.2, 0.25) is 5.91 Å². The summed E-state index contributed by atoms with van der Waals surface area (Å²) in [5.41, 5.74) is 3.80. The highest BCUT2D eigenvalue weighted by Crippen LogP contribution is 2.29. The first kappa shape index (κ1) is 28.4. The van der Waals surface area contributed by atoms with Gasteiger partial charge in [0.25, 0.3) is 5.91 Å². The van der Waals surface area contributed by atoms with Crippen LogP contribution in [0.4, 0.5) is 0 Å². The number of piperazine rings is 1. The number of aryl methyl sites for hydroxylation is 1. The lowest BCUT2D eigenvalue weighted by Crippen LogP contribution is -2.55. The van der Waals surface area contributed by atoms with Crippen LogP contribution in [0.3, 0.4) is 0 Å². The van der Waals surface area contributed by atoms with E-state index in [9.17, 15) is 9.59 Å². The van der Waals surface area contributed by atoms with Crippen LogP contribution in [0, 0.1) is 6.92 Å². The minimum atomic E-state index is -0.0646. The first-order chi connectivity index (χ1) is 19.9. The smallest absolute Gasteiger partial charge is 0.254 e. The summed E-state index contributed by atoms with van der Waals surface area (Å²) in [4.78, 5) is 29.9. The molecule has 41 heavy (non-hydrogen) atoms. The van der Waals surface area contributed by atoms with Gasteiger partial charge in [0.05, 0.1) is 7.11 Å². The number of carbonyl (C=O) groups excluding carboxylic acids is 2. The van der Waals surface area contributed by atoms with Gasteiger partial charge in [-0.25, -0.2) is 0 Å². The van der Waals surface area contributed by atoms with Crippen molar-refractivity contribution < 1.29 is 14.3 Å². The van der Waals surface area contributed by atoms with Crippen LogP contribution in [0.25, 0.3) is 17.1 Å². The maximum atomic E-state index is 13.1. The molecule has 4 aromatic rings. The minimum absolute atomic E-state index is 0.0348. The Labute approximate surface area is 245 Å². The van der Waals surface area contributed by atoms with E-state index in [2.05, 4.69) is 46.0 Å². The molecule has 1 saturated heterocycles. The second-order valence-corrected chi connectivity index (χ2v) is 11.3. The van der Waals surface area contributed by atoms with Crippen LogP contribution in [0.15, 0.2) is 84.0 Å². The summed E-state index contributed by atoms with van der Waals surface area (Å²) in [6.45, 7) is 5.65. The van der Waals surface area contributed by atoms with E-state index >= 15 is 0 Å². The van der Waals surface area contributed by atoms with Gasteiger partial charge in [-0.1, -0.05) is 65.9 Å². The van der Waals surface area contributed by atoms with E-state index in [1.165, 1.54) is 5.56 Å². The topological polar surface area (TPSA) is 80.6 Å². The van der Waals surface area contributed by atoms with Crippen LogP contribution < -0.4 is 4.74 Å². The maximum Gasteiger partial charge on any atom is 0.254 e. The number of aromatic nitrogens is 3. The molecule has 1 aliphatic heterocycles. The highest BCUT2D eigenvalue weighted by Gasteiger charge is 2.30. The van der Waals surface area contributed by atoms with Crippen molar-refractivity contribution >= 4 is 23.6 Å². The predicted molar refractivity (Wildman–Crippen MR) is 162 cm³/mol. The Morgan fingerprint density at radius 3 is 2.49 bits per heavy atom.